The number of rotatable bonds is 2. The Labute approximate surface area is 103 Å². The highest BCUT2D eigenvalue weighted by Crippen LogP contribution is 2.35. The summed E-state index contributed by atoms with van der Waals surface area (Å²) in [5, 5.41) is 3.11. The molecule has 4 heteroatoms. The van der Waals surface area contributed by atoms with E-state index in [0.717, 1.165) is 12.8 Å². The summed E-state index contributed by atoms with van der Waals surface area (Å²) in [5.41, 5.74) is 5.60. The minimum Gasteiger partial charge on any atom is -0.379 e. The lowest BCUT2D eigenvalue weighted by Gasteiger charge is -2.36. The van der Waals surface area contributed by atoms with Crippen LogP contribution in [0.3, 0.4) is 0 Å². The van der Waals surface area contributed by atoms with Gasteiger partial charge in [0.1, 0.15) is 5.54 Å². The number of carbonyl (C=O) groups excluding carboxylic acids is 1. The van der Waals surface area contributed by atoms with Gasteiger partial charge < -0.3 is 15.8 Å². The average Bonchev–Trinajstić information content (AvgIpc) is 2.65. The van der Waals surface area contributed by atoms with Crippen LogP contribution in [0.5, 0.6) is 0 Å². The van der Waals surface area contributed by atoms with Crippen molar-refractivity contribution in [2.24, 2.45) is 11.1 Å². The Bertz CT molecular complexity index is 296. The fourth-order valence-corrected chi connectivity index (χ4v) is 2.91. The maximum Gasteiger partial charge on any atom is 0.242 e. The van der Waals surface area contributed by atoms with Crippen LogP contribution < -0.4 is 11.1 Å². The molecule has 1 aliphatic heterocycles. The highest BCUT2D eigenvalue weighted by molar-refractivity contribution is 5.86. The molecule has 0 aromatic heterocycles. The smallest absolute Gasteiger partial charge is 0.242 e. The van der Waals surface area contributed by atoms with Gasteiger partial charge in [0.05, 0.1) is 6.61 Å². The van der Waals surface area contributed by atoms with Crippen molar-refractivity contribution < 1.29 is 9.53 Å². The number of hydrogen-bond acceptors (Lipinski definition) is 3. The van der Waals surface area contributed by atoms with Crippen molar-refractivity contribution >= 4 is 5.91 Å². The Morgan fingerprint density at radius 3 is 2.76 bits per heavy atom. The summed E-state index contributed by atoms with van der Waals surface area (Å²) in [6, 6.07) is 0.285. The number of hydrogen-bond donors (Lipinski definition) is 2. The van der Waals surface area contributed by atoms with E-state index in [1.54, 1.807) is 0 Å². The topological polar surface area (TPSA) is 64.4 Å². The Morgan fingerprint density at radius 2 is 2.18 bits per heavy atom. The molecule has 1 heterocycles. The summed E-state index contributed by atoms with van der Waals surface area (Å²) < 4.78 is 5.23. The largest absolute Gasteiger partial charge is 0.379 e. The van der Waals surface area contributed by atoms with Crippen molar-refractivity contribution in [3.05, 3.63) is 0 Å². The third kappa shape index (κ3) is 2.99. The molecule has 0 bridgehead atoms. The van der Waals surface area contributed by atoms with Crippen LogP contribution in [0.2, 0.25) is 0 Å². The molecule has 0 aromatic carbocycles. The van der Waals surface area contributed by atoms with Gasteiger partial charge in [0.2, 0.25) is 5.91 Å². The summed E-state index contributed by atoms with van der Waals surface area (Å²) in [5.74, 6) is -0.0299. The predicted molar refractivity (Wildman–Crippen MR) is 66.5 cm³/mol. The van der Waals surface area contributed by atoms with Crippen LogP contribution in [0.15, 0.2) is 0 Å². The lowest BCUT2D eigenvalue weighted by molar-refractivity contribution is -0.127. The molecule has 0 spiro atoms. The summed E-state index contributed by atoms with van der Waals surface area (Å²) in [4.78, 5) is 12.1. The molecule has 2 atom stereocenters. The SMILES string of the molecule is CC1(C)CCCC(NC(=O)C2(N)CCOC2)C1. The summed E-state index contributed by atoms with van der Waals surface area (Å²) in [6.07, 6.45) is 5.19. The Morgan fingerprint density at radius 1 is 1.41 bits per heavy atom. The van der Waals surface area contributed by atoms with Gasteiger partial charge in [-0.05, 0) is 31.1 Å². The van der Waals surface area contributed by atoms with Gasteiger partial charge >= 0.3 is 0 Å². The van der Waals surface area contributed by atoms with E-state index in [1.807, 2.05) is 0 Å². The van der Waals surface area contributed by atoms with Crippen molar-refractivity contribution in [1.29, 1.82) is 0 Å². The van der Waals surface area contributed by atoms with Crippen molar-refractivity contribution in [3.63, 3.8) is 0 Å². The maximum absolute atomic E-state index is 12.1. The van der Waals surface area contributed by atoms with E-state index in [0.29, 0.717) is 25.0 Å². The zero-order chi connectivity index (χ0) is 12.5. The molecule has 3 N–H and O–H groups in total. The quantitative estimate of drug-likeness (QED) is 0.762. The highest BCUT2D eigenvalue weighted by atomic mass is 16.5. The standard InChI is InChI=1S/C13H24N2O2/c1-12(2)5-3-4-10(8-12)15-11(16)13(14)6-7-17-9-13/h10H,3-9,14H2,1-2H3,(H,15,16). The Balaban J connectivity index is 1.90. The van der Waals surface area contributed by atoms with Crippen molar-refractivity contribution in [2.45, 2.75) is 57.5 Å². The number of carbonyl (C=O) groups is 1. The number of ether oxygens (including phenoxy) is 1. The molecule has 1 aliphatic carbocycles. The van der Waals surface area contributed by atoms with Gasteiger partial charge in [-0.3, -0.25) is 4.79 Å². The molecule has 1 saturated heterocycles. The summed E-state index contributed by atoms with van der Waals surface area (Å²) in [7, 11) is 0. The van der Waals surface area contributed by atoms with Crippen LogP contribution in [0, 0.1) is 5.41 Å². The van der Waals surface area contributed by atoms with Crippen LogP contribution in [0.4, 0.5) is 0 Å². The van der Waals surface area contributed by atoms with Gasteiger partial charge in [-0.15, -0.1) is 0 Å². The molecule has 2 fully saturated rings. The monoisotopic (exact) mass is 240 g/mol. The zero-order valence-corrected chi connectivity index (χ0v) is 10.9. The molecule has 0 aromatic rings. The minimum atomic E-state index is -0.790. The molecule has 2 rings (SSSR count). The molecule has 1 amide bonds. The van der Waals surface area contributed by atoms with E-state index >= 15 is 0 Å². The van der Waals surface area contributed by atoms with Crippen LogP contribution >= 0.6 is 0 Å². The van der Waals surface area contributed by atoms with Crippen LogP contribution in [0.25, 0.3) is 0 Å². The molecule has 4 nitrogen and oxygen atoms in total. The van der Waals surface area contributed by atoms with Crippen LogP contribution in [0.1, 0.15) is 46.0 Å². The average molecular weight is 240 g/mol. The lowest BCUT2D eigenvalue weighted by atomic mass is 9.75. The third-order valence-corrected chi connectivity index (χ3v) is 4.04. The Hall–Kier alpha value is -0.610. The zero-order valence-electron chi connectivity index (χ0n) is 10.9. The van der Waals surface area contributed by atoms with Gasteiger partial charge in [0.25, 0.3) is 0 Å². The van der Waals surface area contributed by atoms with Gasteiger partial charge in [0.15, 0.2) is 0 Å². The first kappa shape index (κ1) is 12.8. The molecule has 17 heavy (non-hydrogen) atoms. The first-order valence-electron chi connectivity index (χ1n) is 6.59. The normalized spacial score (nSPS) is 36.8. The molecule has 2 aliphatic rings. The fraction of sp³-hybridized carbons (Fsp3) is 0.923. The van der Waals surface area contributed by atoms with Crippen molar-refractivity contribution in [2.75, 3.05) is 13.2 Å². The molecule has 1 saturated carbocycles. The minimum absolute atomic E-state index is 0.0299. The number of nitrogens with one attached hydrogen (secondary N) is 1. The molecular formula is C13H24N2O2. The second-order valence-electron chi connectivity index (χ2n) is 6.39. The molecule has 98 valence electrons. The van der Waals surface area contributed by atoms with Crippen LogP contribution in [-0.2, 0) is 9.53 Å². The first-order chi connectivity index (χ1) is 7.91. The predicted octanol–water partition coefficient (Wildman–Crippen LogP) is 1.19. The van der Waals surface area contributed by atoms with E-state index in [4.69, 9.17) is 10.5 Å². The number of nitrogens with two attached hydrogens (primary N) is 1. The van der Waals surface area contributed by atoms with Gasteiger partial charge in [0, 0.05) is 12.6 Å². The fourth-order valence-electron chi connectivity index (χ4n) is 2.91. The van der Waals surface area contributed by atoms with Crippen molar-refractivity contribution in [1.82, 2.24) is 5.32 Å². The molecule has 2 unspecified atom stereocenters. The lowest BCUT2D eigenvalue weighted by Crippen LogP contribution is -2.57. The Kier molecular flexibility index (Phi) is 3.46. The highest BCUT2D eigenvalue weighted by Gasteiger charge is 2.40. The van der Waals surface area contributed by atoms with Crippen molar-refractivity contribution in [3.8, 4) is 0 Å². The second kappa shape index (κ2) is 4.58. The van der Waals surface area contributed by atoms with E-state index in [-0.39, 0.29) is 11.9 Å². The summed E-state index contributed by atoms with van der Waals surface area (Å²) >= 11 is 0. The van der Waals surface area contributed by atoms with E-state index < -0.39 is 5.54 Å². The summed E-state index contributed by atoms with van der Waals surface area (Å²) in [6.45, 7) is 5.49. The maximum atomic E-state index is 12.1. The molecular weight excluding hydrogens is 216 g/mol. The molecule has 0 radical (unpaired) electrons. The van der Waals surface area contributed by atoms with E-state index in [9.17, 15) is 4.79 Å². The third-order valence-electron chi connectivity index (χ3n) is 4.04. The van der Waals surface area contributed by atoms with Crippen LogP contribution in [-0.4, -0.2) is 30.7 Å². The first-order valence-corrected chi connectivity index (χ1v) is 6.59. The van der Waals surface area contributed by atoms with Gasteiger partial charge in [-0.1, -0.05) is 20.3 Å². The van der Waals surface area contributed by atoms with E-state index in [1.165, 1.54) is 12.8 Å². The van der Waals surface area contributed by atoms with Gasteiger partial charge in [-0.25, -0.2) is 0 Å². The second-order valence-corrected chi connectivity index (χ2v) is 6.39. The van der Waals surface area contributed by atoms with Gasteiger partial charge in [-0.2, -0.15) is 0 Å². The van der Waals surface area contributed by atoms with E-state index in [2.05, 4.69) is 19.2 Å². The number of amides is 1.